The van der Waals surface area contributed by atoms with E-state index in [4.69, 9.17) is 4.74 Å². The number of carbonyl (C=O) groups is 1. The Kier molecular flexibility index (Phi) is 3.57. The molecule has 0 aliphatic heterocycles. The molecule has 0 saturated heterocycles. The maximum absolute atomic E-state index is 12.2. The van der Waals surface area contributed by atoms with Crippen molar-refractivity contribution in [2.45, 2.75) is 6.54 Å². The maximum atomic E-state index is 12.2. The minimum Gasteiger partial charge on any atom is -0.496 e. The second kappa shape index (κ2) is 5.68. The van der Waals surface area contributed by atoms with Crippen molar-refractivity contribution in [3.63, 3.8) is 0 Å². The van der Waals surface area contributed by atoms with E-state index < -0.39 is 0 Å². The Morgan fingerprint density at radius 2 is 2.18 bits per heavy atom. The average Bonchev–Trinajstić information content (AvgIpc) is 2.97. The van der Waals surface area contributed by atoms with Gasteiger partial charge in [-0.05, 0) is 12.1 Å². The first-order valence-corrected chi connectivity index (χ1v) is 6.53. The molecule has 2 aromatic heterocycles. The summed E-state index contributed by atoms with van der Waals surface area (Å²) in [7, 11) is 1.50. The summed E-state index contributed by atoms with van der Waals surface area (Å²) in [6.07, 6.45) is 3.12. The van der Waals surface area contributed by atoms with E-state index in [9.17, 15) is 9.59 Å². The molecule has 0 aliphatic rings. The number of fused-ring (bicyclic) bond motifs is 1. The molecule has 2 heterocycles. The second-order valence-corrected chi connectivity index (χ2v) is 4.48. The highest BCUT2D eigenvalue weighted by Crippen LogP contribution is 2.16. The fraction of sp³-hybridized carbons (Fsp3) is 0.143. The molecule has 0 unspecified atom stereocenters. The van der Waals surface area contributed by atoms with Crippen molar-refractivity contribution in [1.29, 1.82) is 0 Å². The van der Waals surface area contributed by atoms with Gasteiger partial charge in [0.1, 0.15) is 5.75 Å². The van der Waals surface area contributed by atoms with Crippen molar-refractivity contribution in [3.8, 4) is 5.75 Å². The monoisotopic (exact) mass is 299 g/mol. The number of rotatable bonds is 4. The molecule has 1 amide bonds. The minimum atomic E-state index is -0.336. The zero-order valence-corrected chi connectivity index (χ0v) is 11.7. The molecule has 0 fully saturated rings. The van der Waals surface area contributed by atoms with Crippen LogP contribution in [0.5, 0.6) is 5.75 Å². The number of benzene rings is 1. The van der Waals surface area contributed by atoms with Crippen LogP contribution in [0, 0.1) is 0 Å². The number of amides is 1. The summed E-state index contributed by atoms with van der Waals surface area (Å²) < 4.78 is 6.68. The van der Waals surface area contributed by atoms with E-state index in [1.165, 1.54) is 17.7 Å². The lowest BCUT2D eigenvalue weighted by molar-refractivity contribution is 0.0946. The van der Waals surface area contributed by atoms with E-state index in [2.05, 4.69) is 20.5 Å². The van der Waals surface area contributed by atoms with E-state index in [0.717, 1.165) is 0 Å². The number of aromatic amines is 1. The summed E-state index contributed by atoms with van der Waals surface area (Å²) in [5.74, 6) is 0.658. The lowest BCUT2D eigenvalue weighted by Crippen LogP contribution is -2.24. The second-order valence-electron chi connectivity index (χ2n) is 4.48. The minimum absolute atomic E-state index is 0.140. The van der Waals surface area contributed by atoms with E-state index in [-0.39, 0.29) is 23.7 Å². The number of carbonyl (C=O) groups excluding carboxylic acids is 1. The molecule has 3 aromatic rings. The van der Waals surface area contributed by atoms with Gasteiger partial charge in [-0.1, -0.05) is 12.1 Å². The molecular weight excluding hydrogens is 286 g/mol. The van der Waals surface area contributed by atoms with Crippen LogP contribution in [0.25, 0.3) is 5.65 Å². The standard InChI is InChI=1S/C14H13N5O3/c1-22-10-5-3-2-4-9(10)13(20)16-8-11-17-18-12-14(21)15-6-7-19(11)12/h2-7H,8H2,1H3,(H,15,21)(H,16,20). The Morgan fingerprint density at radius 3 is 3.00 bits per heavy atom. The van der Waals surface area contributed by atoms with Crippen LogP contribution < -0.4 is 15.6 Å². The lowest BCUT2D eigenvalue weighted by Gasteiger charge is -2.08. The quantitative estimate of drug-likeness (QED) is 0.724. The fourth-order valence-electron chi connectivity index (χ4n) is 2.09. The Morgan fingerprint density at radius 1 is 1.36 bits per heavy atom. The van der Waals surface area contributed by atoms with Gasteiger partial charge in [0.25, 0.3) is 11.5 Å². The highest BCUT2D eigenvalue weighted by molar-refractivity contribution is 5.96. The van der Waals surface area contributed by atoms with Crippen molar-refractivity contribution in [1.82, 2.24) is 24.9 Å². The number of para-hydroxylation sites is 1. The van der Waals surface area contributed by atoms with Crippen LogP contribution in [0.3, 0.4) is 0 Å². The fourth-order valence-corrected chi connectivity index (χ4v) is 2.09. The summed E-state index contributed by atoms with van der Waals surface area (Å²) in [5.41, 5.74) is 0.276. The Labute approximate surface area is 124 Å². The Bertz CT molecular complexity index is 883. The summed E-state index contributed by atoms with van der Waals surface area (Å²) in [5, 5.41) is 10.4. The molecule has 112 valence electrons. The van der Waals surface area contributed by atoms with Gasteiger partial charge >= 0.3 is 0 Å². The predicted octanol–water partition coefficient (Wildman–Crippen LogP) is 0.356. The van der Waals surface area contributed by atoms with Crippen LogP contribution in [0.1, 0.15) is 16.2 Å². The molecule has 0 radical (unpaired) electrons. The van der Waals surface area contributed by atoms with Gasteiger partial charge in [-0.15, -0.1) is 10.2 Å². The molecule has 0 spiro atoms. The predicted molar refractivity (Wildman–Crippen MR) is 77.8 cm³/mol. The molecular formula is C14H13N5O3. The molecule has 3 rings (SSSR count). The third kappa shape index (κ3) is 2.41. The van der Waals surface area contributed by atoms with E-state index in [1.54, 1.807) is 30.5 Å². The van der Waals surface area contributed by atoms with Crippen LogP contribution in [-0.2, 0) is 6.54 Å². The number of methoxy groups -OCH3 is 1. The summed E-state index contributed by atoms with van der Waals surface area (Å²) >= 11 is 0. The van der Waals surface area contributed by atoms with Gasteiger partial charge in [-0.2, -0.15) is 0 Å². The van der Waals surface area contributed by atoms with Gasteiger partial charge in [-0.25, -0.2) is 0 Å². The number of ether oxygens (including phenoxy) is 1. The smallest absolute Gasteiger partial charge is 0.293 e. The van der Waals surface area contributed by atoms with Crippen molar-refractivity contribution in [2.24, 2.45) is 0 Å². The Balaban J connectivity index is 1.81. The molecule has 8 heteroatoms. The molecule has 0 bridgehead atoms. The average molecular weight is 299 g/mol. The van der Waals surface area contributed by atoms with Gasteiger partial charge in [-0.3, -0.25) is 14.0 Å². The van der Waals surface area contributed by atoms with Crippen LogP contribution in [-0.4, -0.2) is 32.6 Å². The molecule has 0 aliphatic carbocycles. The first kappa shape index (κ1) is 13.8. The van der Waals surface area contributed by atoms with Gasteiger partial charge < -0.3 is 15.0 Å². The van der Waals surface area contributed by atoms with Gasteiger partial charge in [0.2, 0.25) is 5.65 Å². The number of nitrogens with zero attached hydrogens (tertiary/aromatic N) is 3. The normalized spacial score (nSPS) is 10.6. The molecule has 0 atom stereocenters. The van der Waals surface area contributed by atoms with E-state index >= 15 is 0 Å². The summed E-state index contributed by atoms with van der Waals surface area (Å²) in [6.45, 7) is 0.140. The first-order chi connectivity index (χ1) is 10.7. The molecule has 22 heavy (non-hydrogen) atoms. The van der Waals surface area contributed by atoms with E-state index in [1.807, 2.05) is 0 Å². The molecule has 1 aromatic carbocycles. The number of nitrogens with one attached hydrogen (secondary N) is 2. The van der Waals surface area contributed by atoms with Gasteiger partial charge in [0.15, 0.2) is 5.82 Å². The van der Waals surface area contributed by atoms with Crippen LogP contribution in [0.4, 0.5) is 0 Å². The van der Waals surface area contributed by atoms with Crippen molar-refractivity contribution in [2.75, 3.05) is 7.11 Å². The lowest BCUT2D eigenvalue weighted by atomic mass is 10.2. The third-order valence-electron chi connectivity index (χ3n) is 3.17. The molecule has 2 N–H and O–H groups in total. The number of H-pyrrole nitrogens is 1. The topological polar surface area (TPSA) is 101 Å². The maximum Gasteiger partial charge on any atom is 0.293 e. The van der Waals surface area contributed by atoms with Crippen molar-refractivity contribution >= 4 is 11.6 Å². The largest absolute Gasteiger partial charge is 0.496 e. The SMILES string of the molecule is COc1ccccc1C(=O)NCc1nnc2c(=O)[nH]ccn12. The number of aromatic nitrogens is 4. The highest BCUT2D eigenvalue weighted by atomic mass is 16.5. The Hall–Kier alpha value is -3.16. The number of hydrogen-bond donors (Lipinski definition) is 2. The van der Waals surface area contributed by atoms with E-state index in [0.29, 0.717) is 17.1 Å². The van der Waals surface area contributed by atoms with Gasteiger partial charge in [0, 0.05) is 12.4 Å². The first-order valence-electron chi connectivity index (χ1n) is 6.53. The summed E-state index contributed by atoms with van der Waals surface area (Å²) in [6, 6.07) is 6.92. The third-order valence-corrected chi connectivity index (χ3v) is 3.17. The highest BCUT2D eigenvalue weighted by Gasteiger charge is 2.13. The van der Waals surface area contributed by atoms with Crippen LogP contribution in [0.15, 0.2) is 41.5 Å². The van der Waals surface area contributed by atoms with Crippen LogP contribution >= 0.6 is 0 Å². The van der Waals surface area contributed by atoms with Gasteiger partial charge in [0.05, 0.1) is 19.2 Å². The van der Waals surface area contributed by atoms with Crippen molar-refractivity contribution < 1.29 is 9.53 Å². The molecule has 8 nitrogen and oxygen atoms in total. The number of hydrogen-bond acceptors (Lipinski definition) is 5. The zero-order valence-electron chi connectivity index (χ0n) is 11.7. The summed E-state index contributed by atoms with van der Waals surface area (Å²) in [4.78, 5) is 26.3. The zero-order chi connectivity index (χ0) is 15.5. The van der Waals surface area contributed by atoms with Crippen LogP contribution in [0.2, 0.25) is 0 Å². The molecule has 0 saturated carbocycles. The van der Waals surface area contributed by atoms with Crippen molar-refractivity contribution in [3.05, 3.63) is 58.4 Å².